The topological polar surface area (TPSA) is 305 Å². The molecule has 0 radical (unpaired) electrons. The third-order valence-corrected chi connectivity index (χ3v) is 26.2. The molecule has 3 aromatic carbocycles. The predicted octanol–water partition coefficient (Wildman–Crippen LogP) is 8.47. The number of anilines is 5. The molecule has 7 aromatic rings. The summed E-state index contributed by atoms with van der Waals surface area (Å²) in [6.07, 6.45) is 20.9. The molecule has 104 heavy (non-hydrogen) atoms. The molecular weight excluding hydrogens is 1390 g/mol. The first-order chi connectivity index (χ1) is 50.5. The highest BCUT2D eigenvalue weighted by Crippen LogP contribution is 2.40. The minimum atomic E-state index is -2.95. The molecule has 0 atom stereocenters. The number of aromatic nitrogens is 8. The van der Waals surface area contributed by atoms with Crippen molar-refractivity contribution >= 4 is 91.6 Å². The number of fused-ring (bicyclic) bond motifs is 3. The van der Waals surface area contributed by atoms with Crippen LogP contribution in [-0.4, -0.2) is 259 Å². The summed E-state index contributed by atoms with van der Waals surface area (Å²) in [7, 11) is -3.88. The molecule has 8 fully saturated rings. The number of methoxy groups -OCH3 is 3. The van der Waals surface area contributed by atoms with Crippen LogP contribution in [0.2, 0.25) is 0 Å². The van der Waals surface area contributed by atoms with Crippen molar-refractivity contribution in [2.75, 3.05) is 186 Å². The fourth-order valence-electron chi connectivity index (χ4n) is 14.8. The molecule has 12 heterocycles. The molecule has 4 aromatic heterocycles. The lowest BCUT2D eigenvalue weighted by molar-refractivity contribution is 0.254. The summed E-state index contributed by atoms with van der Waals surface area (Å²) < 4.78 is 108. The molecule has 8 aliphatic heterocycles. The number of hydrogen-bond acceptors (Lipinski definition) is 27. The van der Waals surface area contributed by atoms with Gasteiger partial charge in [-0.25, -0.2) is 44.9 Å². The van der Waals surface area contributed by atoms with E-state index in [0.717, 1.165) is 123 Å². The van der Waals surface area contributed by atoms with E-state index in [9.17, 15) is 25.3 Å². The molecule has 15 rings (SSSR count). The van der Waals surface area contributed by atoms with Gasteiger partial charge in [0.25, 0.3) is 5.95 Å². The van der Waals surface area contributed by atoms with E-state index < -0.39 is 29.5 Å². The van der Waals surface area contributed by atoms with Crippen LogP contribution in [0.4, 0.5) is 29.4 Å². The van der Waals surface area contributed by atoms with Gasteiger partial charge < -0.3 is 68.9 Å². The van der Waals surface area contributed by atoms with Gasteiger partial charge in [0.2, 0.25) is 11.9 Å². The first kappa shape index (κ1) is 74.7. The van der Waals surface area contributed by atoms with Crippen molar-refractivity contribution in [3.05, 3.63) is 54.9 Å². The van der Waals surface area contributed by atoms with Gasteiger partial charge in [0.05, 0.1) is 92.2 Å². The predicted molar refractivity (Wildman–Crippen MR) is 407 cm³/mol. The van der Waals surface area contributed by atoms with E-state index in [0.29, 0.717) is 122 Å². The molecule has 0 spiro atoms. The summed E-state index contributed by atoms with van der Waals surface area (Å²) >= 11 is 0. The number of nitrogens with zero attached hydrogens (tertiary/aromatic N) is 13. The van der Waals surface area contributed by atoms with Gasteiger partial charge in [-0.3, -0.25) is 0 Å². The lowest BCUT2D eigenvalue weighted by Crippen LogP contribution is -2.38. The van der Waals surface area contributed by atoms with Gasteiger partial charge in [-0.2, -0.15) is 20.1 Å². The van der Waals surface area contributed by atoms with Gasteiger partial charge in [-0.05, 0) is 179 Å². The Morgan fingerprint density at radius 3 is 0.990 bits per heavy atom. The maximum Gasteiger partial charge on any atom is 0.253 e. The highest BCUT2D eigenvalue weighted by atomic mass is 32.2. The molecule has 31 heteroatoms. The molecular formula is C73H104N16O12S3. The minimum absolute atomic E-state index is 0.00889. The highest BCUT2D eigenvalue weighted by molar-refractivity contribution is 7.91. The second-order valence-corrected chi connectivity index (χ2v) is 35.5. The Bertz CT molecular complexity index is 4340. The summed E-state index contributed by atoms with van der Waals surface area (Å²) in [6.45, 7) is 15.9. The van der Waals surface area contributed by atoms with Crippen LogP contribution in [0.25, 0.3) is 38.7 Å². The summed E-state index contributed by atoms with van der Waals surface area (Å²) in [6, 6.07) is 13.5. The molecule has 0 amide bonds. The van der Waals surface area contributed by atoms with E-state index in [1.165, 1.54) is 77.8 Å². The average molecular weight is 1490 g/mol. The van der Waals surface area contributed by atoms with Gasteiger partial charge in [0.1, 0.15) is 47.0 Å². The number of nitrogens with one attached hydrogen (secondary N) is 3. The van der Waals surface area contributed by atoms with E-state index in [2.05, 4.69) is 45.5 Å². The van der Waals surface area contributed by atoms with Crippen molar-refractivity contribution in [2.45, 2.75) is 134 Å². The van der Waals surface area contributed by atoms with Gasteiger partial charge in [-0.15, -0.1) is 0 Å². The van der Waals surface area contributed by atoms with Gasteiger partial charge in [-0.1, -0.05) is 0 Å². The Labute approximate surface area is 611 Å². The normalized spacial score (nSPS) is 20.2. The fraction of sp³-hybridized carbons (Fsp3) is 0.630. The highest BCUT2D eigenvalue weighted by Gasteiger charge is 2.31. The number of sulfone groups is 3. The van der Waals surface area contributed by atoms with Crippen LogP contribution < -0.4 is 54.2 Å². The number of ether oxygens (including phenoxy) is 6. The van der Waals surface area contributed by atoms with Gasteiger partial charge >= 0.3 is 0 Å². The molecule has 8 aliphatic rings. The first-order valence-electron chi connectivity index (χ1n) is 37.7. The number of rotatable bonds is 27. The molecule has 0 aliphatic carbocycles. The average Bonchev–Trinajstić information content (AvgIpc) is 0.943. The summed E-state index contributed by atoms with van der Waals surface area (Å²) in [5.74, 6) is 9.11. The number of hydrogen-bond donors (Lipinski definition) is 3. The van der Waals surface area contributed by atoms with Crippen molar-refractivity contribution in [3.8, 4) is 40.4 Å². The molecule has 0 saturated carbocycles. The standard InChI is InChI=1S/C25H37N5O4S.C24H32N6O4S.C24H35N5O4S/c1-33-22-17-20-21(18-23(22)34-14-6-11-29-9-2-3-10-29)27-25(30-12-4-5-13-30)28-24(20)26-19-7-15-35(31,32)16-8-19;1-33-21-16-19-20(17-22(21)34-13-5-11-29-9-2-3-10-29)27-24(30-12-4-8-25-30)28-23(19)26-18-6-14-35(31,32)15-7-18;1-32-21-16-19-20(17-22(21)33-13-5-10-28-8-2-3-9-28)26-24(29-11-4-12-29)27-23(19)25-18-6-14-34(30,31)15-7-18/h17-19H,2-16H2,1H3,(H,26,27,28);4,8,12,16-18H,2-3,5-7,9-11,13-15H2,1H3,(H,26,27,28);16-18H,2-15H2,1H3,(H,25,26,27). The van der Waals surface area contributed by atoms with E-state index in [-0.39, 0.29) is 52.6 Å². The molecule has 3 N–H and O–H groups in total. The molecule has 0 unspecified atom stereocenters. The van der Waals surface area contributed by atoms with E-state index >= 15 is 0 Å². The number of benzene rings is 3. The number of likely N-dealkylation sites (tertiary alicyclic amines) is 3. The summed E-state index contributed by atoms with van der Waals surface area (Å²) in [4.78, 5) is 40.7. The van der Waals surface area contributed by atoms with Crippen LogP contribution in [0.5, 0.6) is 34.5 Å². The van der Waals surface area contributed by atoms with Crippen molar-refractivity contribution in [2.24, 2.45) is 0 Å². The Hall–Kier alpha value is -7.58. The molecule has 28 nitrogen and oxygen atoms in total. The summed E-state index contributed by atoms with van der Waals surface area (Å²) in [5, 5.41) is 17.3. The SMILES string of the molecule is COc1cc2c(NC3CCS(=O)(=O)CC3)nc(-n3cccn3)nc2cc1OCCCN1CCCC1.COc1cc2c(NC3CCS(=O)(=O)CC3)nc(N3CCC3)nc2cc1OCCCN1CCCC1.COc1cc2c(NC3CCS(=O)(=O)CC3)nc(N3CCCC3)nc2cc1OCCCN1CCCC1. The van der Waals surface area contributed by atoms with E-state index in [1.54, 1.807) is 38.4 Å². The second kappa shape index (κ2) is 34.8. The fourth-order valence-corrected chi connectivity index (χ4v) is 19.3. The minimum Gasteiger partial charge on any atom is -0.493 e. The van der Waals surface area contributed by atoms with E-state index in [1.807, 2.05) is 42.5 Å². The smallest absolute Gasteiger partial charge is 0.253 e. The van der Waals surface area contributed by atoms with Crippen molar-refractivity contribution < 1.29 is 53.7 Å². The van der Waals surface area contributed by atoms with Crippen LogP contribution in [0, 0.1) is 0 Å². The van der Waals surface area contributed by atoms with E-state index in [4.69, 9.17) is 58.3 Å². The lowest BCUT2D eigenvalue weighted by atomic mass is 10.1. The summed E-state index contributed by atoms with van der Waals surface area (Å²) in [5.41, 5.74) is 2.31. The maximum absolute atomic E-state index is 11.9. The van der Waals surface area contributed by atoms with Crippen molar-refractivity contribution in [3.63, 3.8) is 0 Å². The zero-order valence-corrected chi connectivity index (χ0v) is 63.1. The first-order valence-corrected chi connectivity index (χ1v) is 43.1. The third-order valence-electron chi connectivity index (χ3n) is 21.1. The zero-order valence-electron chi connectivity index (χ0n) is 60.6. The lowest BCUT2D eigenvalue weighted by Gasteiger charge is -2.32. The Kier molecular flexibility index (Phi) is 25.0. The monoisotopic (exact) mass is 1490 g/mol. The Balaban J connectivity index is 0.000000139. The second-order valence-electron chi connectivity index (χ2n) is 28.6. The van der Waals surface area contributed by atoms with Crippen LogP contribution in [0.15, 0.2) is 54.9 Å². The molecule has 566 valence electrons. The van der Waals surface area contributed by atoms with Gasteiger partial charge in [0, 0.05) is 111 Å². The van der Waals surface area contributed by atoms with Crippen molar-refractivity contribution in [1.29, 1.82) is 0 Å². The van der Waals surface area contributed by atoms with Crippen LogP contribution in [-0.2, 0) is 29.5 Å². The quantitative estimate of drug-likeness (QED) is 0.0406. The van der Waals surface area contributed by atoms with Crippen LogP contribution in [0.3, 0.4) is 0 Å². The van der Waals surface area contributed by atoms with Crippen molar-refractivity contribution in [1.82, 2.24) is 54.4 Å². The maximum atomic E-state index is 11.9. The zero-order chi connectivity index (χ0) is 72.1. The van der Waals surface area contributed by atoms with Gasteiger partial charge in [0.15, 0.2) is 34.5 Å². The Morgan fingerprint density at radius 1 is 0.385 bits per heavy atom. The molecule has 8 saturated heterocycles. The third kappa shape index (κ3) is 19.7. The van der Waals surface area contributed by atoms with Crippen LogP contribution in [0.1, 0.15) is 116 Å². The molecule has 0 bridgehead atoms. The largest absolute Gasteiger partial charge is 0.493 e. The Morgan fingerprint density at radius 2 is 0.692 bits per heavy atom. The van der Waals surface area contributed by atoms with Crippen LogP contribution >= 0.6 is 0 Å².